The topological polar surface area (TPSA) is 135 Å². The molecule has 0 aromatic heterocycles. The molecule has 0 spiro atoms. The van der Waals surface area contributed by atoms with Crippen LogP contribution in [0.2, 0.25) is 0 Å². The molecule has 1 aliphatic rings. The van der Waals surface area contributed by atoms with Gasteiger partial charge in [-0.3, -0.25) is 0 Å². The molecule has 0 saturated heterocycles. The van der Waals surface area contributed by atoms with Crippen molar-refractivity contribution >= 4 is 11.9 Å². The Balaban J connectivity index is 1.54. The Bertz CT molecular complexity index is 1530. The van der Waals surface area contributed by atoms with Gasteiger partial charge in [-0.1, -0.05) is 24.3 Å². The number of hydrogen-bond acceptors (Lipinski definition) is 7. The van der Waals surface area contributed by atoms with Crippen LogP contribution in [0.1, 0.15) is 23.6 Å². The molecule has 0 aliphatic carbocycles. The fourth-order valence-electron chi connectivity index (χ4n) is 4.46. The number of alkyl halides is 6. The van der Waals surface area contributed by atoms with E-state index < -0.39 is 53.4 Å². The number of fused-ring (bicyclic) bond motifs is 1. The highest BCUT2D eigenvalue weighted by molar-refractivity contribution is 6.02. The van der Waals surface area contributed by atoms with E-state index in [-0.39, 0.29) is 47.9 Å². The lowest BCUT2D eigenvalue weighted by molar-refractivity contribution is -0.194. The smallest absolute Gasteiger partial charge is 0.453 e. The van der Waals surface area contributed by atoms with Crippen LogP contribution in [0, 0.1) is 0 Å². The van der Waals surface area contributed by atoms with E-state index in [1.54, 1.807) is 6.92 Å². The molecule has 4 N–H and O–H groups in total. The predicted octanol–water partition coefficient (Wildman–Crippen LogP) is 4.99. The molecule has 2 atom stereocenters. The maximum absolute atomic E-state index is 13.5. The molecule has 0 bridgehead atoms. The monoisotopic (exact) mass is 629 g/mol. The summed E-state index contributed by atoms with van der Waals surface area (Å²) in [6.07, 6.45) is -10.4. The number of benzene rings is 3. The van der Waals surface area contributed by atoms with Crippen molar-refractivity contribution in [3.05, 3.63) is 77.4 Å². The van der Waals surface area contributed by atoms with Gasteiger partial charge in [0.25, 0.3) is 0 Å². The van der Waals surface area contributed by atoms with E-state index in [1.165, 1.54) is 24.3 Å². The van der Waals surface area contributed by atoms with E-state index in [1.807, 2.05) is 0 Å². The first-order chi connectivity index (χ1) is 20.5. The summed E-state index contributed by atoms with van der Waals surface area (Å²) in [5.74, 6) is -7.94. The van der Waals surface area contributed by atoms with Gasteiger partial charge in [0.15, 0.2) is 11.5 Å². The molecule has 0 radical (unpaired) electrons. The third-order valence-electron chi connectivity index (χ3n) is 6.58. The normalized spacial score (nSPS) is 15.5. The minimum Gasteiger partial charge on any atom is -0.491 e. The molecule has 1 heterocycles. The molecule has 0 fully saturated rings. The number of nitrogens with one attached hydrogen (secondary N) is 1. The van der Waals surface area contributed by atoms with Crippen LogP contribution in [0.5, 0.6) is 17.2 Å². The van der Waals surface area contributed by atoms with Crippen LogP contribution in [0.4, 0.5) is 26.3 Å². The summed E-state index contributed by atoms with van der Waals surface area (Å²) in [5.41, 5.74) is -1.69. The number of carboxylic acids is 2. The van der Waals surface area contributed by atoms with Crippen LogP contribution in [0.25, 0.3) is 11.1 Å². The fraction of sp³-hybridized carbons (Fsp3) is 0.310. The number of aliphatic hydroxyl groups is 1. The number of aliphatic hydroxyl groups excluding tert-OH is 1. The largest absolute Gasteiger partial charge is 0.491 e. The first kappa shape index (κ1) is 32.4. The van der Waals surface area contributed by atoms with Crippen LogP contribution in [0.3, 0.4) is 0 Å². The van der Waals surface area contributed by atoms with E-state index in [4.69, 9.17) is 14.2 Å². The average Bonchev–Trinajstić information content (AvgIpc) is 3.36. The van der Waals surface area contributed by atoms with Crippen molar-refractivity contribution in [3.63, 3.8) is 0 Å². The average molecular weight is 630 g/mol. The van der Waals surface area contributed by atoms with Gasteiger partial charge in [-0.25, -0.2) is 9.59 Å². The zero-order chi connectivity index (χ0) is 32.4. The molecule has 3 aromatic carbocycles. The van der Waals surface area contributed by atoms with Gasteiger partial charge < -0.3 is 34.8 Å². The standard InChI is InChI=1S/C29H25F6NO8/c1-15(36-13-20(37)14-42-21-7-3-6-19(12-21)29(33,34)35)10-17-8-9-22-24(44-27(43-22,25(38)39)26(40)41)23(17)16-4-2-5-18(11-16)28(30,31)32/h2-9,11-12,15,20,36-37H,10,13-14H2,1H3,(H,38,39)(H,40,41). The molecule has 15 heteroatoms. The summed E-state index contributed by atoms with van der Waals surface area (Å²) in [7, 11) is 0. The van der Waals surface area contributed by atoms with Crippen molar-refractivity contribution in [2.75, 3.05) is 13.2 Å². The van der Waals surface area contributed by atoms with E-state index in [2.05, 4.69) is 5.32 Å². The first-order valence-electron chi connectivity index (χ1n) is 12.9. The van der Waals surface area contributed by atoms with Gasteiger partial charge in [-0.2, -0.15) is 26.3 Å². The summed E-state index contributed by atoms with van der Waals surface area (Å²) < 4.78 is 95.0. The second-order valence-electron chi connectivity index (χ2n) is 9.94. The molecule has 9 nitrogen and oxygen atoms in total. The van der Waals surface area contributed by atoms with Crippen molar-refractivity contribution in [1.29, 1.82) is 0 Å². The van der Waals surface area contributed by atoms with Crippen molar-refractivity contribution in [2.45, 2.75) is 43.6 Å². The summed E-state index contributed by atoms with van der Waals surface area (Å²) in [5, 5.41) is 32.4. The van der Waals surface area contributed by atoms with Crippen LogP contribution in [-0.2, 0) is 28.4 Å². The zero-order valence-electron chi connectivity index (χ0n) is 22.7. The molecular weight excluding hydrogens is 604 g/mol. The molecule has 1 aliphatic heterocycles. The Morgan fingerprint density at radius 2 is 1.52 bits per heavy atom. The minimum atomic E-state index is -4.72. The Hall–Kier alpha value is -4.50. The molecule has 2 unspecified atom stereocenters. The maximum atomic E-state index is 13.5. The van der Waals surface area contributed by atoms with Crippen molar-refractivity contribution in [2.24, 2.45) is 0 Å². The number of halogens is 6. The number of carbonyl (C=O) groups is 2. The number of rotatable bonds is 11. The minimum absolute atomic E-state index is 0.0277. The van der Waals surface area contributed by atoms with Gasteiger partial charge in [0.1, 0.15) is 18.5 Å². The van der Waals surface area contributed by atoms with Gasteiger partial charge in [0.2, 0.25) is 0 Å². The van der Waals surface area contributed by atoms with Crippen molar-refractivity contribution in [3.8, 4) is 28.4 Å². The molecule has 3 aromatic rings. The van der Waals surface area contributed by atoms with Crippen LogP contribution in [0.15, 0.2) is 60.7 Å². The van der Waals surface area contributed by atoms with Gasteiger partial charge in [-0.15, -0.1) is 0 Å². The fourth-order valence-corrected chi connectivity index (χ4v) is 4.46. The lowest BCUT2D eigenvalue weighted by Crippen LogP contribution is -2.54. The summed E-state index contributed by atoms with van der Waals surface area (Å²) >= 11 is 0. The second-order valence-corrected chi connectivity index (χ2v) is 9.94. The maximum Gasteiger partial charge on any atom is 0.453 e. The molecule has 0 saturated carbocycles. The first-order valence-corrected chi connectivity index (χ1v) is 12.9. The number of ether oxygens (including phenoxy) is 3. The zero-order valence-corrected chi connectivity index (χ0v) is 22.7. The third-order valence-corrected chi connectivity index (χ3v) is 6.58. The van der Waals surface area contributed by atoms with E-state index in [9.17, 15) is 51.3 Å². The second kappa shape index (κ2) is 12.2. The van der Waals surface area contributed by atoms with Crippen molar-refractivity contribution < 1.29 is 65.5 Å². The lowest BCUT2D eigenvalue weighted by atomic mass is 9.93. The van der Waals surface area contributed by atoms with Gasteiger partial charge in [0.05, 0.1) is 11.1 Å². The highest BCUT2D eigenvalue weighted by Gasteiger charge is 2.58. The summed E-state index contributed by atoms with van der Waals surface area (Å²) in [6, 6.07) is 10.4. The van der Waals surface area contributed by atoms with Gasteiger partial charge in [0, 0.05) is 18.2 Å². The van der Waals surface area contributed by atoms with Gasteiger partial charge >= 0.3 is 30.1 Å². The Morgan fingerprint density at radius 3 is 2.14 bits per heavy atom. The van der Waals surface area contributed by atoms with E-state index in [0.717, 1.165) is 36.4 Å². The van der Waals surface area contributed by atoms with Gasteiger partial charge in [-0.05, 0) is 60.9 Å². The highest BCUT2D eigenvalue weighted by Crippen LogP contribution is 2.49. The van der Waals surface area contributed by atoms with Crippen LogP contribution < -0.4 is 19.5 Å². The lowest BCUT2D eigenvalue weighted by Gasteiger charge is -2.21. The van der Waals surface area contributed by atoms with Crippen LogP contribution in [-0.4, -0.2) is 58.3 Å². The summed E-state index contributed by atoms with van der Waals surface area (Å²) in [6.45, 7) is 1.22. The Morgan fingerprint density at radius 1 is 0.909 bits per heavy atom. The number of carboxylic acid groups (broad SMARTS) is 2. The van der Waals surface area contributed by atoms with Crippen LogP contribution >= 0.6 is 0 Å². The predicted molar refractivity (Wildman–Crippen MR) is 140 cm³/mol. The molecule has 236 valence electrons. The number of hydrogen-bond donors (Lipinski definition) is 4. The molecule has 4 rings (SSSR count). The number of aliphatic carboxylic acids is 2. The Labute approximate surface area is 245 Å². The third kappa shape index (κ3) is 7.00. The quantitative estimate of drug-likeness (QED) is 0.171. The molecule has 0 amide bonds. The van der Waals surface area contributed by atoms with Crippen molar-refractivity contribution in [1.82, 2.24) is 5.32 Å². The van der Waals surface area contributed by atoms with E-state index >= 15 is 0 Å². The highest BCUT2D eigenvalue weighted by atomic mass is 19.4. The molecule has 44 heavy (non-hydrogen) atoms. The Kier molecular flexibility index (Phi) is 9.02. The van der Waals surface area contributed by atoms with E-state index in [0.29, 0.717) is 5.56 Å². The summed E-state index contributed by atoms with van der Waals surface area (Å²) in [4.78, 5) is 23.6. The SMILES string of the molecule is CC(Cc1ccc2c(c1-c1cccc(C(F)(F)F)c1)OC(C(=O)O)(C(=O)O)O2)NCC(O)COc1cccc(C(F)(F)F)c1. The molecular formula is C29H25F6NO8.